The third kappa shape index (κ3) is 4.20. The van der Waals surface area contributed by atoms with Crippen molar-refractivity contribution in [1.29, 1.82) is 0 Å². The Kier molecular flexibility index (Phi) is 6.04. The Hall–Kier alpha value is -2.98. The lowest BCUT2D eigenvalue weighted by Crippen LogP contribution is -2.49. The molecule has 170 valence electrons. The van der Waals surface area contributed by atoms with Gasteiger partial charge in [-0.1, -0.05) is 6.07 Å². The van der Waals surface area contributed by atoms with Crippen LogP contribution < -0.4 is 4.90 Å². The molecule has 5 rings (SSSR count). The number of methoxy groups -OCH3 is 1. The smallest absolute Gasteiger partial charge is 0.266 e. The number of anilines is 1. The highest BCUT2D eigenvalue weighted by molar-refractivity contribution is 5.83. The highest BCUT2D eigenvalue weighted by atomic mass is 16.5. The van der Waals surface area contributed by atoms with Crippen LogP contribution in [0.1, 0.15) is 25.3 Å². The van der Waals surface area contributed by atoms with Gasteiger partial charge in [-0.25, -0.2) is 0 Å². The topological polar surface area (TPSA) is 98.8 Å². The molecule has 0 spiro atoms. The molecule has 32 heavy (non-hydrogen) atoms. The van der Waals surface area contributed by atoms with E-state index >= 15 is 0 Å². The van der Waals surface area contributed by atoms with Gasteiger partial charge in [0.1, 0.15) is 0 Å². The number of fused-ring (bicyclic) bond motifs is 1. The highest BCUT2D eigenvalue weighted by Crippen LogP contribution is 2.28. The van der Waals surface area contributed by atoms with Crippen LogP contribution in [0.15, 0.2) is 28.9 Å². The third-order valence-corrected chi connectivity index (χ3v) is 6.13. The predicted molar refractivity (Wildman–Crippen MR) is 117 cm³/mol. The average molecular weight is 441 g/mol. The fourth-order valence-electron chi connectivity index (χ4n) is 4.12. The number of nitrogens with zero attached hydrogens (tertiary/aromatic N) is 6. The molecule has 10 nitrogen and oxygen atoms in total. The van der Waals surface area contributed by atoms with E-state index in [4.69, 9.17) is 14.0 Å². The molecule has 2 aliphatic rings. The number of carbonyl (C=O) groups excluding carboxylic acids is 1. The van der Waals surface area contributed by atoms with Crippen LogP contribution >= 0.6 is 0 Å². The summed E-state index contributed by atoms with van der Waals surface area (Å²) in [5, 5.41) is 9.76. The van der Waals surface area contributed by atoms with Crippen LogP contribution in [-0.4, -0.2) is 83.8 Å². The van der Waals surface area contributed by atoms with Crippen LogP contribution in [0.2, 0.25) is 0 Å². The third-order valence-electron chi connectivity index (χ3n) is 6.13. The summed E-state index contributed by atoms with van der Waals surface area (Å²) in [6, 6.07) is 6.32. The number of amides is 1. The molecular weight excluding hydrogens is 412 g/mol. The number of aromatic nitrogens is 4. The van der Waals surface area contributed by atoms with Crippen molar-refractivity contribution in [3.8, 4) is 11.5 Å². The van der Waals surface area contributed by atoms with E-state index in [1.54, 1.807) is 7.11 Å². The van der Waals surface area contributed by atoms with Crippen molar-refractivity contribution in [2.45, 2.75) is 25.3 Å². The van der Waals surface area contributed by atoms with E-state index in [2.05, 4.69) is 20.1 Å². The molecule has 1 aromatic carbocycles. The molecule has 2 aromatic heterocycles. The Balaban J connectivity index is 1.21. The first-order chi connectivity index (χ1) is 15.7. The number of carbonyl (C=O) groups is 1. The van der Waals surface area contributed by atoms with Gasteiger partial charge in [-0.2, -0.15) is 10.1 Å². The van der Waals surface area contributed by atoms with Gasteiger partial charge in [0.2, 0.25) is 5.91 Å². The maximum Gasteiger partial charge on any atom is 0.266 e. The number of piperazine rings is 1. The molecule has 0 bridgehead atoms. The van der Waals surface area contributed by atoms with Crippen LogP contribution in [0.4, 0.5) is 5.95 Å². The molecule has 0 N–H and O–H groups in total. The van der Waals surface area contributed by atoms with Crippen LogP contribution in [0, 0.1) is 0 Å². The molecule has 4 heterocycles. The summed E-state index contributed by atoms with van der Waals surface area (Å²) in [6.45, 7) is 4.79. The lowest BCUT2D eigenvalue weighted by Gasteiger charge is -2.34. The predicted octanol–water partition coefficient (Wildman–Crippen LogP) is 2.12. The van der Waals surface area contributed by atoms with Gasteiger partial charge in [0.15, 0.2) is 0 Å². The molecule has 0 aliphatic carbocycles. The van der Waals surface area contributed by atoms with Crippen LogP contribution in [-0.2, 0) is 14.3 Å². The second kappa shape index (κ2) is 9.25. The Bertz CT molecular complexity index is 1070. The molecule has 2 fully saturated rings. The van der Waals surface area contributed by atoms with Crippen molar-refractivity contribution in [1.82, 2.24) is 24.8 Å². The lowest BCUT2D eigenvalue weighted by molar-refractivity contribution is -0.131. The normalized spacial score (nSPS) is 17.2. The fraction of sp³-hybridized carbons (Fsp3) is 0.545. The minimum Gasteiger partial charge on any atom is -0.385 e. The molecule has 0 atom stereocenters. The van der Waals surface area contributed by atoms with Crippen molar-refractivity contribution in [3.05, 3.63) is 24.4 Å². The Morgan fingerprint density at radius 3 is 2.78 bits per heavy atom. The van der Waals surface area contributed by atoms with E-state index in [-0.39, 0.29) is 11.9 Å². The Labute approximate surface area is 186 Å². The van der Waals surface area contributed by atoms with Crippen molar-refractivity contribution >= 4 is 22.8 Å². The number of unbranched alkanes of at least 4 members (excludes halogenated alkanes) is 1. The first-order valence-electron chi connectivity index (χ1n) is 11.1. The zero-order chi connectivity index (χ0) is 21.9. The molecule has 1 amide bonds. The molecule has 2 saturated heterocycles. The number of benzene rings is 1. The SMILES string of the molecule is COCCCCC(=O)N1CCN(c2noc(-c3ccc4cnn(C5COC5)c4c3)n2)CC1. The summed E-state index contributed by atoms with van der Waals surface area (Å²) < 4.78 is 17.9. The number of rotatable bonds is 8. The molecule has 0 saturated carbocycles. The quantitative estimate of drug-likeness (QED) is 0.491. The summed E-state index contributed by atoms with van der Waals surface area (Å²) in [5.74, 6) is 1.25. The number of hydrogen-bond acceptors (Lipinski definition) is 8. The maximum atomic E-state index is 12.4. The Morgan fingerprint density at radius 2 is 2.03 bits per heavy atom. The second-order valence-electron chi connectivity index (χ2n) is 8.27. The molecule has 3 aromatic rings. The van der Waals surface area contributed by atoms with Gasteiger partial charge >= 0.3 is 0 Å². The Morgan fingerprint density at radius 1 is 1.19 bits per heavy atom. The van der Waals surface area contributed by atoms with E-state index in [9.17, 15) is 4.79 Å². The molecular formula is C22H28N6O4. The number of ether oxygens (including phenoxy) is 2. The van der Waals surface area contributed by atoms with Gasteiger partial charge in [-0.3, -0.25) is 9.48 Å². The summed E-state index contributed by atoms with van der Waals surface area (Å²) in [6.07, 6.45) is 4.21. The standard InChI is InChI=1S/C22H28N6O4/c1-30-11-3-2-4-20(29)26-7-9-27(10-8-26)22-24-21(32-25-22)16-5-6-17-13-23-28(19(17)12-16)18-14-31-15-18/h5-6,12-13,18H,2-4,7-11,14-15H2,1H3. The monoisotopic (exact) mass is 440 g/mol. The van der Waals surface area contributed by atoms with E-state index < -0.39 is 0 Å². The van der Waals surface area contributed by atoms with Crippen molar-refractivity contribution in [2.75, 3.05) is 58.0 Å². The van der Waals surface area contributed by atoms with Crippen molar-refractivity contribution < 1.29 is 18.8 Å². The van der Waals surface area contributed by atoms with Gasteiger partial charge in [0.05, 0.1) is 31.0 Å². The minimum absolute atomic E-state index is 0.205. The van der Waals surface area contributed by atoms with Gasteiger partial charge < -0.3 is 23.8 Å². The zero-order valence-corrected chi connectivity index (χ0v) is 18.3. The molecule has 10 heteroatoms. The number of hydrogen-bond donors (Lipinski definition) is 0. The summed E-state index contributed by atoms with van der Waals surface area (Å²) in [5.41, 5.74) is 1.90. The van der Waals surface area contributed by atoms with Gasteiger partial charge in [0, 0.05) is 57.3 Å². The fourth-order valence-corrected chi connectivity index (χ4v) is 4.12. The largest absolute Gasteiger partial charge is 0.385 e. The summed E-state index contributed by atoms with van der Waals surface area (Å²) in [7, 11) is 1.68. The van der Waals surface area contributed by atoms with E-state index in [1.165, 1.54) is 0 Å². The second-order valence-corrected chi connectivity index (χ2v) is 8.27. The van der Waals surface area contributed by atoms with E-state index in [0.29, 0.717) is 64.3 Å². The van der Waals surface area contributed by atoms with E-state index in [1.807, 2.05) is 34.0 Å². The molecule has 2 aliphatic heterocycles. The van der Waals surface area contributed by atoms with E-state index in [0.717, 1.165) is 29.3 Å². The summed E-state index contributed by atoms with van der Waals surface area (Å²) in [4.78, 5) is 21.0. The minimum atomic E-state index is 0.205. The average Bonchev–Trinajstić information content (AvgIpc) is 3.43. The van der Waals surface area contributed by atoms with Crippen LogP contribution in [0.5, 0.6) is 0 Å². The molecule has 0 radical (unpaired) electrons. The van der Waals surface area contributed by atoms with Gasteiger partial charge in [-0.15, -0.1) is 0 Å². The highest BCUT2D eigenvalue weighted by Gasteiger charge is 2.25. The zero-order valence-electron chi connectivity index (χ0n) is 18.3. The lowest BCUT2D eigenvalue weighted by atomic mass is 10.1. The summed E-state index contributed by atoms with van der Waals surface area (Å²) >= 11 is 0. The van der Waals surface area contributed by atoms with Gasteiger partial charge in [-0.05, 0) is 30.1 Å². The maximum absolute atomic E-state index is 12.4. The van der Waals surface area contributed by atoms with Crippen LogP contribution in [0.3, 0.4) is 0 Å². The van der Waals surface area contributed by atoms with Crippen molar-refractivity contribution in [2.24, 2.45) is 0 Å². The first-order valence-corrected chi connectivity index (χ1v) is 11.1. The van der Waals surface area contributed by atoms with Gasteiger partial charge in [0.25, 0.3) is 11.8 Å². The molecule has 0 unspecified atom stereocenters. The first kappa shape index (κ1) is 20.9. The van der Waals surface area contributed by atoms with Crippen LogP contribution in [0.25, 0.3) is 22.4 Å². The van der Waals surface area contributed by atoms with Crippen molar-refractivity contribution in [3.63, 3.8) is 0 Å².